The Morgan fingerprint density at radius 2 is 1.75 bits per heavy atom. The van der Waals surface area contributed by atoms with Gasteiger partial charge in [0.2, 0.25) is 23.6 Å². The normalized spacial score (nSPS) is 19.4. The van der Waals surface area contributed by atoms with E-state index in [0.29, 0.717) is 36.7 Å². The van der Waals surface area contributed by atoms with Crippen LogP contribution in [0.3, 0.4) is 0 Å². The molecule has 0 aromatic heterocycles. The zero-order valence-electron chi connectivity index (χ0n) is 30.3. The second kappa shape index (κ2) is 15.7. The molecule has 3 fully saturated rings. The van der Waals surface area contributed by atoms with E-state index in [9.17, 15) is 47.1 Å². The van der Waals surface area contributed by atoms with Gasteiger partial charge in [-0.05, 0) is 67.3 Å². The molecule has 4 heterocycles. The topological polar surface area (TPSA) is 241 Å². The molecule has 0 saturated carbocycles. The van der Waals surface area contributed by atoms with Gasteiger partial charge in [0.25, 0.3) is 17.7 Å². The van der Waals surface area contributed by atoms with E-state index in [0.717, 1.165) is 4.90 Å². The first-order chi connectivity index (χ1) is 27.2. The second-order valence-corrected chi connectivity index (χ2v) is 15.7. The molecule has 5 N–H and O–H groups in total. The number of likely N-dealkylation sites (tertiary alicyclic amines) is 1. The molecule has 4 aliphatic heterocycles. The number of phenolic OH excluding ortho intramolecular Hbond substituents is 1. The van der Waals surface area contributed by atoms with Crippen molar-refractivity contribution in [3.63, 3.8) is 0 Å². The van der Waals surface area contributed by atoms with E-state index < -0.39 is 69.6 Å². The summed E-state index contributed by atoms with van der Waals surface area (Å²) in [4.78, 5) is 90.3. The van der Waals surface area contributed by atoms with E-state index >= 15 is 4.39 Å². The van der Waals surface area contributed by atoms with Crippen molar-refractivity contribution >= 4 is 73.7 Å². The van der Waals surface area contributed by atoms with Crippen molar-refractivity contribution in [2.45, 2.75) is 44.6 Å². The summed E-state index contributed by atoms with van der Waals surface area (Å²) in [5.41, 5.74) is -0.194. The van der Waals surface area contributed by atoms with Crippen LogP contribution >= 0.6 is 0 Å². The highest BCUT2D eigenvalue weighted by molar-refractivity contribution is 7.92. The van der Waals surface area contributed by atoms with Gasteiger partial charge in [0, 0.05) is 37.0 Å². The molecular formula is C37H38FN7O11S. The molecule has 3 aromatic carbocycles. The van der Waals surface area contributed by atoms with E-state index in [1.807, 2.05) is 0 Å². The van der Waals surface area contributed by atoms with E-state index in [2.05, 4.69) is 16.0 Å². The average Bonchev–Trinajstić information content (AvgIpc) is 3.60. The van der Waals surface area contributed by atoms with Gasteiger partial charge in [-0.15, -0.1) is 0 Å². The molecule has 7 rings (SSSR count). The number of imide groups is 2. The highest BCUT2D eigenvalue weighted by Gasteiger charge is 2.46. The van der Waals surface area contributed by atoms with Gasteiger partial charge < -0.3 is 25.4 Å². The fourth-order valence-electron chi connectivity index (χ4n) is 7.48. The molecular weight excluding hydrogens is 770 g/mol. The van der Waals surface area contributed by atoms with Crippen LogP contribution in [0.25, 0.3) is 10.8 Å². The summed E-state index contributed by atoms with van der Waals surface area (Å²) in [7, 11) is -4.37. The predicted molar refractivity (Wildman–Crippen MR) is 199 cm³/mol. The Labute approximate surface area is 324 Å². The van der Waals surface area contributed by atoms with Crippen LogP contribution in [0.4, 0.5) is 15.8 Å². The molecule has 18 nitrogen and oxygen atoms in total. The molecule has 3 aromatic rings. The molecule has 0 bridgehead atoms. The number of benzene rings is 3. The molecule has 57 heavy (non-hydrogen) atoms. The molecule has 7 amide bonds. The van der Waals surface area contributed by atoms with Crippen molar-refractivity contribution in [3.05, 3.63) is 59.4 Å². The molecule has 4 aliphatic rings. The maximum absolute atomic E-state index is 15.5. The minimum absolute atomic E-state index is 0.00337. The average molecular weight is 808 g/mol. The number of ether oxygens (including phenoxy) is 1. The third-order valence-corrected chi connectivity index (χ3v) is 11.8. The summed E-state index contributed by atoms with van der Waals surface area (Å²) in [5, 5.41) is 18.5. The molecule has 300 valence electrons. The van der Waals surface area contributed by atoms with Crippen molar-refractivity contribution in [1.29, 1.82) is 0 Å². The molecule has 1 unspecified atom stereocenters. The highest BCUT2D eigenvalue weighted by atomic mass is 32.2. The van der Waals surface area contributed by atoms with Crippen LogP contribution in [-0.2, 0) is 34.2 Å². The molecule has 0 aliphatic carbocycles. The van der Waals surface area contributed by atoms with Crippen molar-refractivity contribution in [2.75, 3.05) is 49.0 Å². The zero-order valence-corrected chi connectivity index (χ0v) is 31.2. The number of nitrogens with zero attached hydrogens (tertiary/aromatic N) is 3. The Morgan fingerprint density at radius 1 is 0.982 bits per heavy atom. The van der Waals surface area contributed by atoms with Crippen molar-refractivity contribution in [3.8, 4) is 11.5 Å². The number of phenols is 1. The van der Waals surface area contributed by atoms with Crippen LogP contribution < -0.4 is 29.7 Å². The van der Waals surface area contributed by atoms with Gasteiger partial charge in [0.05, 0.1) is 24.2 Å². The quantitative estimate of drug-likeness (QED) is 0.127. The number of fused-ring (bicyclic) bond motifs is 2. The molecule has 20 heteroatoms. The second-order valence-electron chi connectivity index (χ2n) is 14.1. The number of carbonyl (C=O) groups excluding carboxylic acids is 7. The van der Waals surface area contributed by atoms with Gasteiger partial charge in [-0.2, -0.15) is 8.42 Å². The lowest BCUT2D eigenvalue weighted by Gasteiger charge is -2.32. The number of amides is 7. The van der Waals surface area contributed by atoms with Crippen LogP contribution in [-0.4, -0.2) is 110 Å². The first kappa shape index (κ1) is 38.9. The van der Waals surface area contributed by atoms with E-state index in [1.165, 1.54) is 30.3 Å². The Morgan fingerprint density at radius 3 is 2.47 bits per heavy atom. The van der Waals surface area contributed by atoms with Crippen LogP contribution in [0.1, 0.15) is 59.2 Å². The predicted octanol–water partition coefficient (Wildman–Crippen LogP) is 0.893. The number of hydrogen-bond acceptors (Lipinski definition) is 12. The molecule has 0 radical (unpaired) electrons. The highest BCUT2D eigenvalue weighted by Crippen LogP contribution is 2.39. The molecule has 3 saturated heterocycles. The number of rotatable bonds is 12. The van der Waals surface area contributed by atoms with Crippen molar-refractivity contribution in [2.24, 2.45) is 5.92 Å². The summed E-state index contributed by atoms with van der Waals surface area (Å²) in [6.07, 6.45) is 2.27. The van der Waals surface area contributed by atoms with Gasteiger partial charge in [-0.25, -0.2) is 13.4 Å². The van der Waals surface area contributed by atoms with Crippen LogP contribution in [0.2, 0.25) is 0 Å². The van der Waals surface area contributed by atoms with Crippen molar-refractivity contribution in [1.82, 2.24) is 25.2 Å². The number of nitrogens with one attached hydrogen (secondary N) is 4. The van der Waals surface area contributed by atoms with Crippen LogP contribution in [0.5, 0.6) is 11.5 Å². The van der Waals surface area contributed by atoms with Gasteiger partial charge in [-0.3, -0.25) is 43.8 Å². The Bertz CT molecular complexity index is 2330. The monoisotopic (exact) mass is 807 g/mol. The number of halogens is 1. The summed E-state index contributed by atoms with van der Waals surface area (Å²) in [5.74, 6) is -5.01. The van der Waals surface area contributed by atoms with E-state index in [4.69, 9.17) is 4.74 Å². The number of hydrogen-bond donors (Lipinski definition) is 5. The smallest absolute Gasteiger partial charge is 0.326 e. The SMILES string of the molecule is O=C(CCC1CCN(C(=O)CNc2cccc3c2C(=O)N(C2CCC(=O)NC2=O)C3=O)CC1)NCCOc1ccc2cc(O)c(N3CC(=O)NS3(=O)=O)c(F)c2c1. The van der Waals surface area contributed by atoms with Gasteiger partial charge in [-0.1, -0.05) is 12.1 Å². The summed E-state index contributed by atoms with van der Waals surface area (Å²) < 4.78 is 47.9. The van der Waals surface area contributed by atoms with Crippen molar-refractivity contribution < 1.29 is 56.2 Å². The first-order valence-corrected chi connectivity index (χ1v) is 19.7. The maximum atomic E-state index is 15.5. The lowest BCUT2D eigenvalue weighted by molar-refractivity contribution is -0.136. The third-order valence-electron chi connectivity index (χ3n) is 10.4. The van der Waals surface area contributed by atoms with Gasteiger partial charge in [0.1, 0.15) is 36.4 Å². The van der Waals surface area contributed by atoms with Gasteiger partial charge in [0.15, 0.2) is 5.82 Å². The number of anilines is 2. The number of aromatic hydroxyl groups is 1. The number of carbonyl (C=O) groups is 7. The standard InChI is InChI=1S/C37H38FN7O11S/c38-33-24-17-22(6-5-21(24)16-27(46)34(33)44-19-30(49)42-57(44,54)55)56-15-12-39-28(47)8-4-20-10-13-43(14-11-20)31(50)18-40-25-3-1-2-23-32(25)37(53)45(36(23)52)26-7-9-29(48)41-35(26)51/h1-3,5-6,16-17,20,26,40,46H,4,7-15,18-19H2,(H,39,47)(H,42,49)(H,41,48,51). The Hall–Kier alpha value is -6.31. The molecule has 0 spiro atoms. The lowest BCUT2D eigenvalue weighted by Crippen LogP contribution is -2.54. The summed E-state index contributed by atoms with van der Waals surface area (Å²) in [6, 6.07) is 9.06. The van der Waals surface area contributed by atoms with E-state index in [-0.39, 0.29) is 90.0 Å². The molecule has 1 atom stereocenters. The first-order valence-electron chi connectivity index (χ1n) is 18.3. The summed E-state index contributed by atoms with van der Waals surface area (Å²) in [6.45, 7) is 0.336. The van der Waals surface area contributed by atoms with E-state index in [1.54, 1.807) is 21.8 Å². The fraction of sp³-hybridized carbons (Fsp3) is 0.378. The largest absolute Gasteiger partial charge is 0.506 e. The minimum Gasteiger partial charge on any atom is -0.506 e. The van der Waals surface area contributed by atoms with Crippen LogP contribution in [0, 0.1) is 11.7 Å². The minimum atomic E-state index is -4.37. The maximum Gasteiger partial charge on any atom is 0.326 e. The van der Waals surface area contributed by atoms with Crippen LogP contribution in [0.15, 0.2) is 42.5 Å². The van der Waals surface area contributed by atoms with Gasteiger partial charge >= 0.3 is 10.2 Å². The number of piperidine rings is 2. The Kier molecular flexibility index (Phi) is 10.7. The lowest BCUT2D eigenvalue weighted by atomic mass is 9.92. The fourth-order valence-corrected chi connectivity index (χ4v) is 8.64. The third kappa shape index (κ3) is 7.89. The summed E-state index contributed by atoms with van der Waals surface area (Å²) >= 11 is 0. The zero-order chi connectivity index (χ0) is 40.6. The Balaban J connectivity index is 0.831.